The van der Waals surface area contributed by atoms with E-state index in [1.54, 1.807) is 26.0 Å². The van der Waals surface area contributed by atoms with Gasteiger partial charge in [-0.3, -0.25) is 9.55 Å². The number of rotatable bonds is 6. The molecule has 0 aliphatic carbocycles. The van der Waals surface area contributed by atoms with E-state index in [0.29, 0.717) is 17.7 Å². The predicted octanol–water partition coefficient (Wildman–Crippen LogP) is 1.65. The standard InChI is InChI=1S/C20H19F3N4O3S.Na/c1-3-5-18(28)26-31(29,30)15-9-7-14(8-10-15)27-12-17(20(21,22)23)25-19(27)16-6-4-11-24-13(16)2;/h4,6-12H,3,5H2,1-2H3,(H,26,28);/q;+1/p-1. The molecule has 0 atom stereocenters. The van der Waals surface area contributed by atoms with Gasteiger partial charge in [0.2, 0.25) is 0 Å². The van der Waals surface area contributed by atoms with Crippen LogP contribution < -0.4 is 29.6 Å². The normalized spacial score (nSPS) is 11.7. The maximum absolute atomic E-state index is 13.3. The summed E-state index contributed by atoms with van der Waals surface area (Å²) >= 11 is 0. The van der Waals surface area contributed by atoms with Crippen LogP contribution in [0.3, 0.4) is 0 Å². The fraction of sp³-hybridized carbons (Fsp3) is 0.250. The Morgan fingerprint density at radius 3 is 2.38 bits per heavy atom. The summed E-state index contributed by atoms with van der Waals surface area (Å²) in [5.41, 5.74) is 0.0353. The van der Waals surface area contributed by atoms with Crippen LogP contribution in [0.15, 0.2) is 53.7 Å². The molecule has 32 heavy (non-hydrogen) atoms. The largest absolute Gasteiger partial charge is 1.00 e. The minimum absolute atomic E-state index is 0. The van der Waals surface area contributed by atoms with Crippen molar-refractivity contribution in [3.8, 4) is 17.1 Å². The Hall–Kier alpha value is -2.21. The zero-order chi connectivity index (χ0) is 22.8. The van der Waals surface area contributed by atoms with Gasteiger partial charge in [0.1, 0.15) is 15.8 Å². The molecule has 0 spiro atoms. The van der Waals surface area contributed by atoms with E-state index in [2.05, 4.69) is 14.7 Å². The van der Waals surface area contributed by atoms with E-state index in [-0.39, 0.29) is 52.4 Å². The van der Waals surface area contributed by atoms with Gasteiger partial charge < -0.3 is 9.52 Å². The molecule has 0 fully saturated rings. The minimum atomic E-state index is -4.67. The summed E-state index contributed by atoms with van der Waals surface area (Å²) in [7, 11) is -4.21. The Labute approximate surface area is 205 Å². The number of amides is 1. The van der Waals surface area contributed by atoms with Gasteiger partial charge in [-0.25, -0.2) is 13.4 Å². The van der Waals surface area contributed by atoms with Crippen LogP contribution in [0.4, 0.5) is 13.2 Å². The predicted molar refractivity (Wildman–Crippen MR) is 107 cm³/mol. The summed E-state index contributed by atoms with van der Waals surface area (Å²) < 4.78 is 68.9. The number of alkyl halides is 3. The molecule has 0 saturated carbocycles. The van der Waals surface area contributed by atoms with Gasteiger partial charge in [-0.1, -0.05) is 13.3 Å². The van der Waals surface area contributed by atoms with Crippen LogP contribution in [0.1, 0.15) is 31.2 Å². The molecule has 0 N–H and O–H groups in total. The zero-order valence-corrected chi connectivity index (χ0v) is 20.4. The van der Waals surface area contributed by atoms with Crippen molar-refractivity contribution >= 4 is 15.9 Å². The topological polar surface area (TPSA) is 96.0 Å². The van der Waals surface area contributed by atoms with E-state index in [4.69, 9.17) is 0 Å². The first kappa shape index (κ1) is 26.0. The van der Waals surface area contributed by atoms with Crippen LogP contribution in [0.25, 0.3) is 21.8 Å². The van der Waals surface area contributed by atoms with Gasteiger partial charge in [-0.05, 0) is 49.7 Å². The summed E-state index contributed by atoms with van der Waals surface area (Å²) in [6.45, 7) is 3.36. The van der Waals surface area contributed by atoms with Crippen molar-refractivity contribution in [1.82, 2.24) is 14.5 Å². The average Bonchev–Trinajstić information content (AvgIpc) is 3.14. The molecule has 1 amide bonds. The van der Waals surface area contributed by atoms with Crippen molar-refractivity contribution in [2.75, 3.05) is 0 Å². The molecule has 0 saturated heterocycles. The van der Waals surface area contributed by atoms with Crippen LogP contribution in [0.5, 0.6) is 0 Å². The van der Waals surface area contributed by atoms with Crippen LogP contribution >= 0.6 is 0 Å². The molecule has 2 aromatic heterocycles. The monoisotopic (exact) mass is 474 g/mol. The molecule has 1 aromatic carbocycles. The third kappa shape index (κ3) is 5.77. The van der Waals surface area contributed by atoms with Gasteiger partial charge in [0.05, 0.1) is 10.8 Å². The van der Waals surface area contributed by atoms with Crippen LogP contribution in [0.2, 0.25) is 0 Å². The maximum Gasteiger partial charge on any atom is 1.00 e. The molecule has 0 radical (unpaired) electrons. The molecule has 0 bridgehead atoms. The van der Waals surface area contributed by atoms with E-state index in [1.165, 1.54) is 35.0 Å². The Morgan fingerprint density at radius 2 is 1.81 bits per heavy atom. The number of benzene rings is 1. The summed E-state index contributed by atoms with van der Waals surface area (Å²) in [6.07, 6.45) is -1.87. The number of hydrogen-bond donors (Lipinski definition) is 0. The second-order valence-corrected chi connectivity index (χ2v) is 8.26. The van der Waals surface area contributed by atoms with Crippen LogP contribution in [-0.2, 0) is 21.0 Å². The SMILES string of the molecule is CCCC(=O)[N-]S(=O)(=O)c1ccc(-n2cc(C(F)(F)F)nc2-c2cccnc2C)cc1.[Na+]. The number of imidazole rings is 1. The van der Waals surface area contributed by atoms with E-state index in [0.717, 1.165) is 6.20 Å². The van der Waals surface area contributed by atoms with Crippen molar-refractivity contribution in [3.63, 3.8) is 0 Å². The number of aromatic nitrogens is 3. The third-order valence-electron chi connectivity index (χ3n) is 4.34. The molecule has 2 heterocycles. The number of nitrogens with zero attached hydrogens (tertiary/aromatic N) is 4. The van der Waals surface area contributed by atoms with E-state index < -0.39 is 27.8 Å². The molecule has 0 aliphatic rings. The molecule has 7 nitrogen and oxygen atoms in total. The van der Waals surface area contributed by atoms with E-state index in [1.807, 2.05) is 0 Å². The first-order valence-corrected chi connectivity index (χ1v) is 10.7. The van der Waals surface area contributed by atoms with E-state index in [9.17, 15) is 26.4 Å². The molecule has 3 aromatic rings. The number of pyridine rings is 1. The molecule has 12 heteroatoms. The zero-order valence-electron chi connectivity index (χ0n) is 17.6. The van der Waals surface area contributed by atoms with Crippen LogP contribution in [0, 0.1) is 6.92 Å². The second-order valence-electron chi connectivity index (χ2n) is 6.66. The quantitative estimate of drug-likeness (QED) is 0.507. The van der Waals surface area contributed by atoms with Gasteiger partial charge in [0.25, 0.3) is 0 Å². The Bertz CT molecular complexity index is 1210. The number of aryl methyl sites for hydroxylation is 1. The molecule has 0 unspecified atom stereocenters. The number of halogens is 3. The molecule has 164 valence electrons. The molecule has 3 rings (SSSR count). The Kier molecular flexibility index (Phi) is 8.27. The molecular weight excluding hydrogens is 456 g/mol. The minimum Gasteiger partial charge on any atom is -0.542 e. The fourth-order valence-corrected chi connectivity index (χ4v) is 3.79. The van der Waals surface area contributed by atoms with Crippen molar-refractivity contribution in [2.45, 2.75) is 37.8 Å². The summed E-state index contributed by atoms with van der Waals surface area (Å²) in [4.78, 5) is 19.2. The number of hydrogen-bond acceptors (Lipinski definition) is 5. The first-order valence-electron chi connectivity index (χ1n) is 9.23. The van der Waals surface area contributed by atoms with Crippen molar-refractivity contribution < 1.29 is 55.9 Å². The van der Waals surface area contributed by atoms with E-state index >= 15 is 0 Å². The second kappa shape index (κ2) is 10.2. The third-order valence-corrected chi connectivity index (χ3v) is 5.65. The van der Waals surface area contributed by atoms with Crippen molar-refractivity contribution in [3.05, 3.63) is 64.9 Å². The first-order chi connectivity index (χ1) is 14.5. The van der Waals surface area contributed by atoms with Gasteiger partial charge in [0.15, 0.2) is 5.69 Å². The van der Waals surface area contributed by atoms with Crippen LogP contribution in [-0.4, -0.2) is 28.9 Å². The average molecular weight is 474 g/mol. The number of carbonyl (C=O) groups excluding carboxylic acids is 1. The fourth-order valence-electron chi connectivity index (χ4n) is 2.85. The number of carbonyl (C=O) groups is 1. The summed E-state index contributed by atoms with van der Waals surface area (Å²) in [5.74, 6) is -0.748. The maximum atomic E-state index is 13.3. The summed E-state index contributed by atoms with van der Waals surface area (Å²) in [5, 5.41) is 0. The van der Waals surface area contributed by atoms with Gasteiger partial charge >= 0.3 is 35.7 Å². The number of sulfonamides is 1. The summed E-state index contributed by atoms with van der Waals surface area (Å²) in [6, 6.07) is 8.19. The van der Waals surface area contributed by atoms with Gasteiger partial charge in [-0.15, -0.1) is 0 Å². The van der Waals surface area contributed by atoms with Crippen molar-refractivity contribution in [2.24, 2.45) is 0 Å². The van der Waals surface area contributed by atoms with Crippen molar-refractivity contribution in [1.29, 1.82) is 0 Å². The van der Waals surface area contributed by atoms with Gasteiger partial charge in [0, 0.05) is 29.3 Å². The smallest absolute Gasteiger partial charge is 0.542 e. The Balaban J connectivity index is 0.00000363. The molecule has 0 aliphatic heterocycles. The Morgan fingerprint density at radius 1 is 1.16 bits per heavy atom. The van der Waals surface area contributed by atoms with Gasteiger partial charge in [-0.2, -0.15) is 13.2 Å². The molecular formula is C20H18F3N4NaO3S.